The van der Waals surface area contributed by atoms with Gasteiger partial charge in [-0.15, -0.1) is 23.4 Å². The molecule has 1 amide bonds. The van der Waals surface area contributed by atoms with E-state index in [-0.39, 0.29) is 43.8 Å². The second kappa shape index (κ2) is 10.2. The van der Waals surface area contributed by atoms with Crippen LogP contribution in [0.15, 0.2) is 28.7 Å². The zero-order valence-electron chi connectivity index (χ0n) is 18.1. The van der Waals surface area contributed by atoms with Crippen LogP contribution in [0.4, 0.5) is 17.6 Å². The monoisotopic (exact) mass is 489 g/mol. The first-order valence-electron chi connectivity index (χ1n) is 10.6. The molecule has 1 saturated heterocycles. The molecule has 0 spiro atoms. The normalized spacial score (nSPS) is 27.1. The molecule has 34 heavy (non-hydrogen) atoms. The quantitative estimate of drug-likeness (QED) is 0.565. The predicted octanol–water partition coefficient (Wildman–Crippen LogP) is 3.03. The lowest BCUT2D eigenvalue weighted by molar-refractivity contribution is -0.352. The molecule has 186 valence electrons. The number of alkyl halides is 3. The third kappa shape index (κ3) is 6.21. The summed E-state index contributed by atoms with van der Waals surface area (Å²) < 4.78 is 76.0. The molecule has 2 fully saturated rings. The highest BCUT2D eigenvalue weighted by Gasteiger charge is 2.43. The molecule has 3 atom stereocenters. The SMILES string of the molecule is COC1C[C@@H](c2nnc([C@H]3C[C@@H](OC(F)(F)F)C3)o2)OC[C@@H]1NC(=O)COc1ccc(F)cc1. The number of amides is 1. The molecular formula is C21H23F4N3O6. The molecular weight excluding hydrogens is 466 g/mol. The van der Waals surface area contributed by atoms with Crippen LogP contribution in [-0.4, -0.2) is 61.0 Å². The molecule has 2 aromatic rings. The number of nitrogens with zero attached hydrogens (tertiary/aromatic N) is 2. The predicted molar refractivity (Wildman–Crippen MR) is 105 cm³/mol. The van der Waals surface area contributed by atoms with E-state index in [1.165, 1.54) is 31.4 Å². The molecule has 1 aromatic heterocycles. The van der Waals surface area contributed by atoms with Crippen molar-refractivity contribution in [1.82, 2.24) is 15.5 Å². The van der Waals surface area contributed by atoms with E-state index >= 15 is 0 Å². The Bertz CT molecular complexity index is 964. The minimum absolute atomic E-state index is 0.105. The third-order valence-corrected chi connectivity index (χ3v) is 5.68. The largest absolute Gasteiger partial charge is 0.522 e. The lowest BCUT2D eigenvalue weighted by atomic mass is 9.82. The number of hydrogen-bond donors (Lipinski definition) is 1. The number of benzene rings is 1. The number of nitrogens with one attached hydrogen (secondary N) is 1. The number of halogens is 4. The second-order valence-electron chi connectivity index (χ2n) is 8.08. The highest BCUT2D eigenvalue weighted by molar-refractivity contribution is 5.78. The van der Waals surface area contributed by atoms with Gasteiger partial charge in [0, 0.05) is 19.4 Å². The molecule has 4 rings (SSSR count). The number of hydrogen-bond acceptors (Lipinski definition) is 8. The fourth-order valence-corrected chi connectivity index (χ4v) is 3.86. The molecule has 9 nitrogen and oxygen atoms in total. The Morgan fingerprint density at radius 1 is 1.15 bits per heavy atom. The molecule has 1 N–H and O–H groups in total. The van der Waals surface area contributed by atoms with Crippen LogP contribution in [0.5, 0.6) is 5.75 Å². The van der Waals surface area contributed by atoms with Crippen molar-refractivity contribution in [2.75, 3.05) is 20.3 Å². The third-order valence-electron chi connectivity index (χ3n) is 5.68. The molecule has 1 unspecified atom stereocenters. The molecule has 1 aliphatic carbocycles. The number of aromatic nitrogens is 2. The fourth-order valence-electron chi connectivity index (χ4n) is 3.86. The number of rotatable bonds is 8. The van der Waals surface area contributed by atoms with Crippen LogP contribution in [0.1, 0.15) is 43.1 Å². The lowest BCUT2D eigenvalue weighted by Crippen LogP contribution is -2.51. The van der Waals surface area contributed by atoms with Crippen molar-refractivity contribution in [1.29, 1.82) is 0 Å². The molecule has 0 radical (unpaired) electrons. The Labute approximate surface area is 191 Å². The van der Waals surface area contributed by atoms with Crippen LogP contribution in [0.25, 0.3) is 0 Å². The summed E-state index contributed by atoms with van der Waals surface area (Å²) >= 11 is 0. The van der Waals surface area contributed by atoms with Crippen molar-refractivity contribution < 1.29 is 45.7 Å². The van der Waals surface area contributed by atoms with Gasteiger partial charge < -0.3 is 23.9 Å². The Kier molecular flexibility index (Phi) is 7.33. The van der Waals surface area contributed by atoms with Crippen LogP contribution >= 0.6 is 0 Å². The van der Waals surface area contributed by atoms with E-state index in [1.54, 1.807) is 0 Å². The van der Waals surface area contributed by atoms with Crippen molar-refractivity contribution in [3.05, 3.63) is 41.9 Å². The van der Waals surface area contributed by atoms with Gasteiger partial charge in [-0.1, -0.05) is 0 Å². The number of carbonyl (C=O) groups excluding carboxylic acids is 1. The van der Waals surface area contributed by atoms with Crippen molar-refractivity contribution >= 4 is 5.91 Å². The molecule has 1 saturated carbocycles. The van der Waals surface area contributed by atoms with E-state index in [0.717, 1.165) is 0 Å². The fraction of sp³-hybridized carbons (Fsp3) is 0.571. The number of methoxy groups -OCH3 is 1. The van der Waals surface area contributed by atoms with Gasteiger partial charge in [0.05, 0.1) is 24.9 Å². The molecule has 2 aliphatic rings. The number of ether oxygens (including phenoxy) is 4. The highest BCUT2D eigenvalue weighted by Crippen LogP contribution is 2.41. The summed E-state index contributed by atoms with van der Waals surface area (Å²) in [4.78, 5) is 12.3. The minimum atomic E-state index is -4.67. The first kappa shape index (κ1) is 24.4. The molecule has 1 aliphatic heterocycles. The lowest BCUT2D eigenvalue weighted by Gasteiger charge is -2.34. The van der Waals surface area contributed by atoms with Gasteiger partial charge in [-0.2, -0.15) is 0 Å². The van der Waals surface area contributed by atoms with Crippen LogP contribution in [0, 0.1) is 5.82 Å². The van der Waals surface area contributed by atoms with Crippen molar-refractivity contribution in [3.8, 4) is 5.75 Å². The van der Waals surface area contributed by atoms with Crippen LogP contribution in [0.3, 0.4) is 0 Å². The van der Waals surface area contributed by atoms with Crippen LogP contribution in [0.2, 0.25) is 0 Å². The Morgan fingerprint density at radius 3 is 2.53 bits per heavy atom. The van der Waals surface area contributed by atoms with Gasteiger partial charge in [0.1, 0.15) is 17.7 Å². The zero-order chi connectivity index (χ0) is 24.3. The first-order chi connectivity index (χ1) is 16.2. The summed E-state index contributed by atoms with van der Waals surface area (Å²) in [6, 6.07) is 4.83. The molecule has 0 bridgehead atoms. The van der Waals surface area contributed by atoms with Crippen LogP contribution < -0.4 is 10.1 Å². The average molecular weight is 489 g/mol. The van der Waals surface area contributed by atoms with Gasteiger partial charge >= 0.3 is 6.36 Å². The highest BCUT2D eigenvalue weighted by atomic mass is 19.4. The van der Waals surface area contributed by atoms with Gasteiger partial charge in [-0.3, -0.25) is 9.53 Å². The Hall–Kier alpha value is -2.77. The van der Waals surface area contributed by atoms with E-state index in [1.807, 2.05) is 0 Å². The van der Waals surface area contributed by atoms with E-state index in [9.17, 15) is 22.4 Å². The van der Waals surface area contributed by atoms with Gasteiger partial charge in [0.2, 0.25) is 11.8 Å². The summed E-state index contributed by atoms with van der Waals surface area (Å²) in [5, 5.41) is 10.7. The summed E-state index contributed by atoms with van der Waals surface area (Å²) in [7, 11) is 1.50. The molecule has 1 aromatic carbocycles. The van der Waals surface area contributed by atoms with Crippen molar-refractivity contribution in [3.63, 3.8) is 0 Å². The van der Waals surface area contributed by atoms with Crippen LogP contribution in [-0.2, 0) is 19.0 Å². The smallest absolute Gasteiger partial charge is 0.484 e. The summed E-state index contributed by atoms with van der Waals surface area (Å²) in [6.45, 7) is -0.163. The zero-order valence-corrected chi connectivity index (χ0v) is 18.1. The van der Waals surface area contributed by atoms with Crippen molar-refractivity contribution in [2.24, 2.45) is 0 Å². The van der Waals surface area contributed by atoms with Crippen molar-refractivity contribution in [2.45, 2.75) is 55.9 Å². The first-order valence-corrected chi connectivity index (χ1v) is 10.6. The van der Waals surface area contributed by atoms with E-state index < -0.39 is 42.4 Å². The van der Waals surface area contributed by atoms with Gasteiger partial charge in [-0.25, -0.2) is 4.39 Å². The molecule has 2 heterocycles. The van der Waals surface area contributed by atoms with E-state index in [4.69, 9.17) is 18.6 Å². The maximum absolute atomic E-state index is 12.9. The summed E-state index contributed by atoms with van der Waals surface area (Å²) in [6.07, 6.45) is -6.00. The number of carbonyl (C=O) groups is 1. The minimum Gasteiger partial charge on any atom is -0.484 e. The maximum atomic E-state index is 12.9. The topological polar surface area (TPSA) is 105 Å². The summed E-state index contributed by atoms with van der Waals surface area (Å²) in [5.74, 6) is -0.323. The maximum Gasteiger partial charge on any atom is 0.522 e. The summed E-state index contributed by atoms with van der Waals surface area (Å²) in [5.41, 5.74) is 0. The van der Waals surface area contributed by atoms with E-state index in [2.05, 4.69) is 20.3 Å². The van der Waals surface area contributed by atoms with Gasteiger partial charge in [0.15, 0.2) is 6.61 Å². The van der Waals surface area contributed by atoms with Gasteiger partial charge in [0.25, 0.3) is 5.91 Å². The Balaban J connectivity index is 1.25. The van der Waals surface area contributed by atoms with Gasteiger partial charge in [-0.05, 0) is 37.1 Å². The Morgan fingerprint density at radius 2 is 1.85 bits per heavy atom. The average Bonchev–Trinajstić information content (AvgIpc) is 3.25. The van der Waals surface area contributed by atoms with E-state index in [0.29, 0.717) is 12.2 Å². The second-order valence-corrected chi connectivity index (χ2v) is 8.08. The standard InChI is InChI=1S/C21H23F4N3O6/c1-30-16-8-17(20-28-27-19(33-20)11-6-14(7-11)34-21(23,24)25)32-9-15(16)26-18(29)10-31-13-4-2-12(22)3-5-13/h2-5,11,14-17H,6-10H2,1H3,(H,26,29)/t11-,14+,15-,16?,17-/m0/s1. The molecule has 13 heteroatoms.